The number of rotatable bonds is 2. The largest absolute Gasteiger partial charge is 0.339 e. The normalized spacial score (nSPS) is 17.9. The van der Waals surface area contributed by atoms with Crippen molar-refractivity contribution >= 4 is 11.7 Å². The summed E-state index contributed by atoms with van der Waals surface area (Å²) < 4.78 is 15.1. The fourth-order valence-electron chi connectivity index (χ4n) is 2.79. The summed E-state index contributed by atoms with van der Waals surface area (Å²) >= 11 is 0. The van der Waals surface area contributed by atoms with Crippen LogP contribution in [-0.2, 0) is 6.54 Å². The first-order chi connectivity index (χ1) is 10.4. The number of anilines is 1. The number of benzene rings is 1. The third-order valence-corrected chi connectivity index (χ3v) is 4.36. The maximum absolute atomic E-state index is 13.0. The van der Waals surface area contributed by atoms with Crippen LogP contribution in [0.5, 0.6) is 0 Å². The molecule has 1 aliphatic rings. The molecule has 2 aromatic rings. The van der Waals surface area contributed by atoms with Crippen molar-refractivity contribution in [1.82, 2.24) is 14.5 Å². The molecular weight excluding hydrogens is 283 g/mol. The number of carbonyl (C=O) groups is 1. The summed E-state index contributed by atoms with van der Waals surface area (Å²) in [5.74, 6) is 1.27. The summed E-state index contributed by atoms with van der Waals surface area (Å²) in [6.45, 7) is 4.42. The zero-order chi connectivity index (χ0) is 16.0. The predicted octanol–water partition coefficient (Wildman–Crippen LogP) is 2.25. The first-order valence-corrected chi connectivity index (χ1v) is 7.21. The number of aromatic nitrogens is 2. The Kier molecular flexibility index (Phi) is 3.39. The van der Waals surface area contributed by atoms with Crippen molar-refractivity contribution in [2.75, 3.05) is 19.0 Å². The number of imidazole rings is 1. The quantitative estimate of drug-likeness (QED) is 0.854. The molecule has 0 radical (unpaired) electrons. The van der Waals surface area contributed by atoms with Gasteiger partial charge in [0.25, 0.3) is 5.91 Å². The van der Waals surface area contributed by atoms with Crippen LogP contribution in [0.15, 0.2) is 24.3 Å². The summed E-state index contributed by atoms with van der Waals surface area (Å²) in [7, 11) is 3.73. The molecule has 22 heavy (non-hydrogen) atoms. The van der Waals surface area contributed by atoms with E-state index in [1.165, 1.54) is 12.1 Å². The minimum absolute atomic E-state index is 0.0388. The van der Waals surface area contributed by atoms with E-state index in [1.807, 2.05) is 30.4 Å². The molecule has 3 rings (SSSR count). The van der Waals surface area contributed by atoms with E-state index in [0.717, 1.165) is 17.2 Å². The Morgan fingerprint density at radius 3 is 2.45 bits per heavy atom. The highest BCUT2D eigenvalue weighted by Gasteiger charge is 2.35. The van der Waals surface area contributed by atoms with E-state index >= 15 is 0 Å². The van der Waals surface area contributed by atoms with Crippen LogP contribution >= 0.6 is 0 Å². The van der Waals surface area contributed by atoms with Crippen molar-refractivity contribution in [3.63, 3.8) is 0 Å². The molecule has 5 nitrogen and oxygen atoms in total. The molecule has 1 amide bonds. The average molecular weight is 302 g/mol. The summed E-state index contributed by atoms with van der Waals surface area (Å²) in [5.41, 5.74) is 1.44. The Labute approximate surface area is 129 Å². The minimum Gasteiger partial charge on any atom is -0.339 e. The Bertz CT molecular complexity index is 722. The van der Waals surface area contributed by atoms with Crippen molar-refractivity contribution < 1.29 is 9.18 Å². The molecule has 0 aliphatic carbocycles. The average Bonchev–Trinajstić information content (AvgIpc) is 2.82. The summed E-state index contributed by atoms with van der Waals surface area (Å²) in [4.78, 5) is 20.6. The van der Waals surface area contributed by atoms with Crippen LogP contribution in [0.3, 0.4) is 0 Å². The smallest absolute Gasteiger partial charge is 0.277 e. The number of aryl methyl sites for hydroxylation is 1. The highest BCUT2D eigenvalue weighted by molar-refractivity contribution is 5.99. The van der Waals surface area contributed by atoms with Gasteiger partial charge in [0.2, 0.25) is 0 Å². The first-order valence-electron chi connectivity index (χ1n) is 7.21. The fourth-order valence-corrected chi connectivity index (χ4v) is 2.79. The van der Waals surface area contributed by atoms with Gasteiger partial charge >= 0.3 is 0 Å². The van der Waals surface area contributed by atoms with E-state index < -0.39 is 0 Å². The van der Waals surface area contributed by atoms with Crippen molar-refractivity contribution in [2.45, 2.75) is 26.6 Å². The Morgan fingerprint density at radius 1 is 1.18 bits per heavy atom. The maximum atomic E-state index is 13.0. The van der Waals surface area contributed by atoms with Crippen LogP contribution in [-0.4, -0.2) is 40.6 Å². The molecule has 1 aromatic carbocycles. The van der Waals surface area contributed by atoms with Gasteiger partial charge in [-0.15, -0.1) is 0 Å². The number of hydrogen-bond donors (Lipinski definition) is 0. The van der Waals surface area contributed by atoms with E-state index in [0.29, 0.717) is 12.2 Å². The fraction of sp³-hybridized carbons (Fsp3) is 0.375. The predicted molar refractivity (Wildman–Crippen MR) is 82.4 cm³/mol. The van der Waals surface area contributed by atoms with Crippen LogP contribution in [0.2, 0.25) is 0 Å². The lowest BCUT2D eigenvalue weighted by molar-refractivity contribution is 0.0719. The second-order valence-electron chi connectivity index (χ2n) is 5.70. The molecule has 2 heterocycles. The van der Waals surface area contributed by atoms with Crippen LogP contribution in [0.25, 0.3) is 0 Å². The number of amides is 1. The molecule has 0 fully saturated rings. The summed E-state index contributed by atoms with van der Waals surface area (Å²) in [6, 6.07) is 6.39. The first kappa shape index (κ1) is 14.6. The zero-order valence-electron chi connectivity index (χ0n) is 13.2. The number of hydrogen-bond acceptors (Lipinski definition) is 3. The zero-order valence-corrected chi connectivity index (χ0v) is 13.2. The van der Waals surface area contributed by atoms with Crippen molar-refractivity contribution in [3.05, 3.63) is 47.2 Å². The number of fused-ring (bicyclic) bond motifs is 1. The van der Waals surface area contributed by atoms with Gasteiger partial charge < -0.3 is 14.4 Å². The highest BCUT2D eigenvalue weighted by Crippen LogP contribution is 2.30. The Balaban J connectivity index is 2.05. The number of nitrogens with zero attached hydrogens (tertiary/aromatic N) is 4. The molecule has 0 saturated carbocycles. The maximum Gasteiger partial charge on any atom is 0.277 e. The van der Waals surface area contributed by atoms with Crippen LogP contribution in [0.1, 0.15) is 28.8 Å². The molecule has 0 N–H and O–H groups in total. The Morgan fingerprint density at radius 2 is 1.82 bits per heavy atom. The molecule has 0 spiro atoms. The van der Waals surface area contributed by atoms with Gasteiger partial charge in [-0.05, 0) is 31.5 Å². The molecule has 1 atom stereocenters. The molecule has 1 aliphatic heterocycles. The summed E-state index contributed by atoms with van der Waals surface area (Å²) in [6.07, 6.45) is -0.0388. The molecule has 1 aromatic heterocycles. The SMILES string of the molecule is Cc1nc2c(n1Cc1ccc(F)cc1)N(C)C(C)N(C)C2=O. The van der Waals surface area contributed by atoms with Gasteiger partial charge in [-0.1, -0.05) is 12.1 Å². The molecule has 116 valence electrons. The standard InChI is InChI=1S/C16H19FN4O/c1-10-18-14-15(19(3)11(2)20(4)16(14)22)21(10)9-12-5-7-13(17)8-6-12/h5-8,11H,9H2,1-4H3. The van der Waals surface area contributed by atoms with Gasteiger partial charge in [-0.3, -0.25) is 4.79 Å². The van der Waals surface area contributed by atoms with E-state index in [2.05, 4.69) is 4.98 Å². The lowest BCUT2D eigenvalue weighted by Crippen LogP contribution is -2.50. The lowest BCUT2D eigenvalue weighted by atomic mass is 10.2. The van der Waals surface area contributed by atoms with E-state index in [9.17, 15) is 9.18 Å². The minimum atomic E-state index is -0.254. The van der Waals surface area contributed by atoms with Crippen molar-refractivity contribution in [2.24, 2.45) is 0 Å². The van der Waals surface area contributed by atoms with E-state index in [4.69, 9.17) is 0 Å². The monoisotopic (exact) mass is 302 g/mol. The van der Waals surface area contributed by atoms with Gasteiger partial charge in [0.15, 0.2) is 5.69 Å². The second kappa shape index (κ2) is 5.12. The number of carbonyl (C=O) groups excluding carboxylic acids is 1. The molecular formula is C16H19FN4O. The number of halogens is 1. The molecule has 0 bridgehead atoms. The topological polar surface area (TPSA) is 41.4 Å². The third-order valence-electron chi connectivity index (χ3n) is 4.36. The summed E-state index contributed by atoms with van der Waals surface area (Å²) in [5, 5.41) is 0. The van der Waals surface area contributed by atoms with Gasteiger partial charge in [-0.2, -0.15) is 0 Å². The van der Waals surface area contributed by atoms with Crippen LogP contribution in [0, 0.1) is 12.7 Å². The van der Waals surface area contributed by atoms with Gasteiger partial charge in [0, 0.05) is 14.1 Å². The van der Waals surface area contributed by atoms with Crippen LogP contribution in [0.4, 0.5) is 10.2 Å². The highest BCUT2D eigenvalue weighted by atomic mass is 19.1. The van der Waals surface area contributed by atoms with Gasteiger partial charge in [-0.25, -0.2) is 9.37 Å². The Hall–Kier alpha value is -2.37. The lowest BCUT2D eigenvalue weighted by Gasteiger charge is -2.38. The van der Waals surface area contributed by atoms with E-state index in [1.54, 1.807) is 24.1 Å². The molecule has 1 unspecified atom stereocenters. The molecule has 6 heteroatoms. The van der Waals surface area contributed by atoms with Crippen molar-refractivity contribution in [1.29, 1.82) is 0 Å². The van der Waals surface area contributed by atoms with Crippen molar-refractivity contribution in [3.8, 4) is 0 Å². The van der Waals surface area contributed by atoms with Gasteiger partial charge in [0.1, 0.15) is 23.6 Å². The van der Waals surface area contributed by atoms with Gasteiger partial charge in [0.05, 0.1) is 6.54 Å². The van der Waals surface area contributed by atoms with E-state index in [-0.39, 0.29) is 17.9 Å². The van der Waals surface area contributed by atoms with Crippen LogP contribution < -0.4 is 4.90 Å². The second-order valence-corrected chi connectivity index (χ2v) is 5.70. The molecule has 0 saturated heterocycles. The third kappa shape index (κ3) is 2.15.